The molecule has 2 amide bonds. The molecule has 0 atom stereocenters. The lowest BCUT2D eigenvalue weighted by molar-refractivity contribution is -0.114. The Morgan fingerprint density at radius 2 is 1.54 bits per heavy atom. The van der Waals surface area contributed by atoms with Gasteiger partial charge in [-0.15, -0.1) is 0 Å². The van der Waals surface area contributed by atoms with Crippen LogP contribution < -0.4 is 10.6 Å². The molecule has 0 spiro atoms. The molecule has 0 saturated carbocycles. The van der Waals surface area contributed by atoms with Gasteiger partial charge in [-0.25, -0.2) is 8.42 Å². The first-order valence-corrected chi connectivity index (χ1v) is 8.88. The number of amides is 2. The number of nitrogens with one attached hydrogen (secondary N) is 2. The number of hydrogen-bond donors (Lipinski definition) is 2. The van der Waals surface area contributed by atoms with Crippen molar-refractivity contribution < 1.29 is 18.0 Å². The maximum Gasteiger partial charge on any atom is 0.239 e. The van der Waals surface area contributed by atoms with E-state index in [1.807, 2.05) is 6.92 Å². The summed E-state index contributed by atoms with van der Waals surface area (Å²) in [5.41, 5.74) is 1.86. The summed E-state index contributed by atoms with van der Waals surface area (Å²) in [5.74, 6) is -1.53. The van der Waals surface area contributed by atoms with Gasteiger partial charge in [0.25, 0.3) is 0 Å². The molecule has 0 aliphatic carbocycles. The van der Waals surface area contributed by atoms with Gasteiger partial charge >= 0.3 is 0 Å². The summed E-state index contributed by atoms with van der Waals surface area (Å²) in [6, 6.07) is 12.8. The van der Waals surface area contributed by atoms with Crippen molar-refractivity contribution in [2.75, 3.05) is 16.4 Å². The van der Waals surface area contributed by atoms with Crippen LogP contribution in [0.25, 0.3) is 0 Å². The Kier molecular flexibility index (Phi) is 5.35. The molecule has 0 saturated heterocycles. The maximum atomic E-state index is 12.2. The summed E-state index contributed by atoms with van der Waals surface area (Å²) in [6.07, 6.45) is 0. The molecular weight excluding hydrogens is 328 g/mol. The monoisotopic (exact) mass is 346 g/mol. The minimum atomic E-state index is -3.71. The zero-order chi connectivity index (χ0) is 17.7. The van der Waals surface area contributed by atoms with E-state index in [1.165, 1.54) is 19.1 Å². The van der Waals surface area contributed by atoms with Crippen molar-refractivity contribution in [3.05, 3.63) is 54.1 Å². The van der Waals surface area contributed by atoms with Crippen molar-refractivity contribution in [3.63, 3.8) is 0 Å². The van der Waals surface area contributed by atoms with Gasteiger partial charge in [-0.2, -0.15) is 0 Å². The molecule has 0 unspecified atom stereocenters. The maximum absolute atomic E-state index is 12.2. The number of aryl methyl sites for hydroxylation is 1. The van der Waals surface area contributed by atoms with Gasteiger partial charge in [0.15, 0.2) is 9.84 Å². The molecule has 0 radical (unpaired) electrons. The molecule has 0 bridgehead atoms. The minimum Gasteiger partial charge on any atom is -0.326 e. The van der Waals surface area contributed by atoms with Gasteiger partial charge < -0.3 is 10.6 Å². The molecule has 2 rings (SSSR count). The van der Waals surface area contributed by atoms with Crippen molar-refractivity contribution in [2.24, 2.45) is 0 Å². The zero-order valence-corrected chi connectivity index (χ0v) is 14.2. The van der Waals surface area contributed by atoms with Crippen LogP contribution in [0.15, 0.2) is 53.4 Å². The number of benzene rings is 2. The molecule has 2 N–H and O–H groups in total. The molecule has 2 aromatic carbocycles. The van der Waals surface area contributed by atoms with E-state index in [2.05, 4.69) is 10.6 Å². The molecule has 2 aromatic rings. The highest BCUT2D eigenvalue weighted by molar-refractivity contribution is 7.92. The lowest BCUT2D eigenvalue weighted by atomic mass is 10.2. The van der Waals surface area contributed by atoms with Crippen LogP contribution in [0.4, 0.5) is 11.4 Å². The van der Waals surface area contributed by atoms with Gasteiger partial charge in [-0.1, -0.05) is 23.8 Å². The summed E-state index contributed by atoms with van der Waals surface area (Å²) in [4.78, 5) is 23.2. The number of anilines is 2. The highest BCUT2D eigenvalue weighted by Crippen LogP contribution is 2.16. The summed E-state index contributed by atoms with van der Waals surface area (Å²) in [6.45, 7) is 3.23. The number of hydrogen-bond acceptors (Lipinski definition) is 4. The normalized spacial score (nSPS) is 10.9. The van der Waals surface area contributed by atoms with Crippen LogP contribution in [0.5, 0.6) is 0 Å². The molecule has 6 nitrogen and oxygen atoms in total. The van der Waals surface area contributed by atoms with Crippen LogP contribution in [0.3, 0.4) is 0 Å². The first kappa shape index (κ1) is 17.7. The van der Waals surface area contributed by atoms with Gasteiger partial charge in [0, 0.05) is 18.3 Å². The first-order chi connectivity index (χ1) is 11.3. The van der Waals surface area contributed by atoms with Crippen molar-refractivity contribution in [1.82, 2.24) is 0 Å². The fraction of sp³-hybridized carbons (Fsp3) is 0.176. The Balaban J connectivity index is 2.07. The lowest BCUT2D eigenvalue weighted by Gasteiger charge is -2.08. The average Bonchev–Trinajstić information content (AvgIpc) is 2.46. The summed E-state index contributed by atoms with van der Waals surface area (Å²) in [5, 5.41) is 5.11. The van der Waals surface area contributed by atoms with Crippen molar-refractivity contribution in [2.45, 2.75) is 18.7 Å². The van der Waals surface area contributed by atoms with Gasteiger partial charge in [0.2, 0.25) is 11.8 Å². The predicted molar refractivity (Wildman–Crippen MR) is 92.6 cm³/mol. The van der Waals surface area contributed by atoms with E-state index in [4.69, 9.17) is 0 Å². The number of carbonyl (C=O) groups excluding carboxylic acids is 2. The van der Waals surface area contributed by atoms with E-state index in [-0.39, 0.29) is 10.8 Å². The first-order valence-electron chi connectivity index (χ1n) is 7.23. The molecule has 0 fully saturated rings. The van der Waals surface area contributed by atoms with Crippen LogP contribution in [-0.2, 0) is 19.4 Å². The second kappa shape index (κ2) is 7.27. The highest BCUT2D eigenvalue weighted by Gasteiger charge is 2.19. The zero-order valence-electron chi connectivity index (χ0n) is 13.4. The Morgan fingerprint density at radius 3 is 2.12 bits per heavy atom. The standard InChI is InChI=1S/C17H18N2O4S/c1-12-6-8-16(9-7-12)24(22,23)11-17(21)19-15-5-3-4-14(10-15)18-13(2)20/h3-10H,11H2,1-2H3,(H,18,20)(H,19,21). The Hall–Kier alpha value is -2.67. The molecule has 0 aliphatic rings. The largest absolute Gasteiger partial charge is 0.326 e. The van der Waals surface area contributed by atoms with Gasteiger partial charge in [0.1, 0.15) is 5.75 Å². The smallest absolute Gasteiger partial charge is 0.239 e. The van der Waals surface area contributed by atoms with E-state index < -0.39 is 21.5 Å². The van der Waals surface area contributed by atoms with Crippen molar-refractivity contribution in [3.8, 4) is 0 Å². The average molecular weight is 346 g/mol. The third-order valence-corrected chi connectivity index (χ3v) is 4.80. The minimum absolute atomic E-state index is 0.107. The fourth-order valence-corrected chi connectivity index (χ4v) is 3.21. The quantitative estimate of drug-likeness (QED) is 0.869. The molecule has 7 heteroatoms. The second-order valence-corrected chi connectivity index (χ2v) is 7.37. The molecule has 24 heavy (non-hydrogen) atoms. The Bertz CT molecular complexity index is 858. The highest BCUT2D eigenvalue weighted by atomic mass is 32.2. The van der Waals surface area contributed by atoms with Crippen LogP contribution in [-0.4, -0.2) is 26.0 Å². The van der Waals surface area contributed by atoms with E-state index in [0.717, 1.165) is 5.56 Å². The van der Waals surface area contributed by atoms with Crippen LogP contribution in [0.1, 0.15) is 12.5 Å². The number of rotatable bonds is 5. The Morgan fingerprint density at radius 1 is 0.958 bits per heavy atom. The van der Waals surface area contributed by atoms with Crippen LogP contribution in [0.2, 0.25) is 0 Å². The van der Waals surface area contributed by atoms with Gasteiger partial charge in [-0.05, 0) is 37.3 Å². The Labute approximate surface area is 140 Å². The number of sulfone groups is 1. The van der Waals surface area contributed by atoms with E-state index >= 15 is 0 Å². The molecule has 0 heterocycles. The predicted octanol–water partition coefficient (Wildman–Crippen LogP) is 2.37. The van der Waals surface area contributed by atoms with E-state index in [9.17, 15) is 18.0 Å². The third-order valence-electron chi connectivity index (χ3n) is 3.17. The van der Waals surface area contributed by atoms with Crippen LogP contribution >= 0.6 is 0 Å². The molecule has 126 valence electrons. The molecular formula is C17H18N2O4S. The van der Waals surface area contributed by atoms with Crippen molar-refractivity contribution >= 4 is 33.0 Å². The second-order valence-electron chi connectivity index (χ2n) is 5.38. The van der Waals surface area contributed by atoms with Crippen LogP contribution in [0, 0.1) is 6.92 Å². The SMILES string of the molecule is CC(=O)Nc1cccc(NC(=O)CS(=O)(=O)c2ccc(C)cc2)c1. The van der Waals surface area contributed by atoms with Gasteiger partial charge in [0.05, 0.1) is 4.90 Å². The topological polar surface area (TPSA) is 92.3 Å². The van der Waals surface area contributed by atoms with E-state index in [1.54, 1.807) is 36.4 Å². The molecule has 0 aliphatic heterocycles. The third kappa shape index (κ3) is 4.92. The van der Waals surface area contributed by atoms with Gasteiger partial charge in [-0.3, -0.25) is 9.59 Å². The summed E-state index contributed by atoms with van der Waals surface area (Å²) < 4.78 is 24.5. The summed E-state index contributed by atoms with van der Waals surface area (Å²) >= 11 is 0. The lowest BCUT2D eigenvalue weighted by Crippen LogP contribution is -2.23. The summed E-state index contributed by atoms with van der Waals surface area (Å²) in [7, 11) is -3.71. The van der Waals surface area contributed by atoms with E-state index in [0.29, 0.717) is 11.4 Å². The number of carbonyl (C=O) groups is 2. The fourth-order valence-electron chi connectivity index (χ4n) is 2.08. The molecule has 0 aromatic heterocycles. The van der Waals surface area contributed by atoms with Crippen molar-refractivity contribution in [1.29, 1.82) is 0 Å².